The molecule has 0 unspecified atom stereocenters. The Morgan fingerprint density at radius 1 is 1.21 bits per heavy atom. The van der Waals surface area contributed by atoms with E-state index < -0.39 is 4.92 Å². The number of carbonyl (C=O) groups excluding carboxylic acids is 1. The van der Waals surface area contributed by atoms with Gasteiger partial charge in [0.25, 0.3) is 11.6 Å². The number of non-ortho nitro benzene ring substituents is 1. The number of amides is 1. The van der Waals surface area contributed by atoms with Crippen molar-refractivity contribution in [3.05, 3.63) is 64.1 Å². The van der Waals surface area contributed by atoms with E-state index in [2.05, 4.69) is 15.2 Å². The number of hydrogen-bond donors (Lipinski definition) is 1. The molecular formula is C19H24IN5O4. The van der Waals surface area contributed by atoms with E-state index in [9.17, 15) is 14.9 Å². The minimum Gasteiger partial charge on any atom is -0.459 e. The van der Waals surface area contributed by atoms with Crippen molar-refractivity contribution >= 4 is 41.5 Å². The maximum absolute atomic E-state index is 12.4. The molecule has 0 spiro atoms. The molecule has 10 heteroatoms. The highest BCUT2D eigenvalue weighted by Gasteiger charge is 2.25. The van der Waals surface area contributed by atoms with Gasteiger partial charge in [-0.3, -0.25) is 14.9 Å². The van der Waals surface area contributed by atoms with Crippen molar-refractivity contribution in [2.45, 2.75) is 13.5 Å². The van der Waals surface area contributed by atoms with E-state index in [1.54, 1.807) is 23.1 Å². The lowest BCUT2D eigenvalue weighted by molar-refractivity contribution is -0.384. The average molecular weight is 513 g/mol. The van der Waals surface area contributed by atoms with Crippen LogP contribution in [-0.2, 0) is 6.54 Å². The van der Waals surface area contributed by atoms with Crippen molar-refractivity contribution in [3.8, 4) is 0 Å². The van der Waals surface area contributed by atoms with Gasteiger partial charge in [-0.25, -0.2) is 4.99 Å². The number of hydrogen-bond acceptors (Lipinski definition) is 5. The summed E-state index contributed by atoms with van der Waals surface area (Å²) < 4.78 is 5.19. The average Bonchev–Trinajstić information content (AvgIpc) is 3.26. The third kappa shape index (κ3) is 5.92. The van der Waals surface area contributed by atoms with Crippen LogP contribution in [0, 0.1) is 10.1 Å². The number of furan rings is 1. The summed E-state index contributed by atoms with van der Waals surface area (Å²) in [5.41, 5.74) is 0.832. The molecule has 0 atom stereocenters. The summed E-state index contributed by atoms with van der Waals surface area (Å²) in [6, 6.07) is 9.85. The number of carbonyl (C=O) groups is 1. The predicted octanol–water partition coefficient (Wildman–Crippen LogP) is 2.73. The second-order valence-electron chi connectivity index (χ2n) is 6.35. The van der Waals surface area contributed by atoms with Gasteiger partial charge in [-0.1, -0.05) is 12.1 Å². The first-order chi connectivity index (χ1) is 13.6. The summed E-state index contributed by atoms with van der Waals surface area (Å²) in [6.07, 6.45) is 1.49. The lowest BCUT2D eigenvalue weighted by atomic mass is 10.2. The van der Waals surface area contributed by atoms with Gasteiger partial charge in [0.15, 0.2) is 11.7 Å². The van der Waals surface area contributed by atoms with Crippen LogP contribution in [0.25, 0.3) is 0 Å². The smallest absolute Gasteiger partial charge is 0.289 e. The van der Waals surface area contributed by atoms with Crippen molar-refractivity contribution < 1.29 is 14.1 Å². The standard InChI is InChI=1S/C19H23N5O4.HI/c1-2-20-19(21-14-15-5-3-6-16(13-15)24(26)27)23-10-8-22(9-11-23)18(25)17-7-4-12-28-17;/h3-7,12-13H,2,8-11,14H2,1H3,(H,20,21);1H. The van der Waals surface area contributed by atoms with Gasteiger partial charge in [0.2, 0.25) is 0 Å². The van der Waals surface area contributed by atoms with E-state index in [0.717, 1.165) is 11.5 Å². The minimum atomic E-state index is -0.409. The maximum Gasteiger partial charge on any atom is 0.289 e. The molecule has 2 heterocycles. The number of rotatable bonds is 5. The topological polar surface area (TPSA) is 104 Å². The van der Waals surface area contributed by atoms with Crippen molar-refractivity contribution in [3.63, 3.8) is 0 Å². The second kappa shape index (κ2) is 10.8. The van der Waals surface area contributed by atoms with Crippen LogP contribution in [0.3, 0.4) is 0 Å². The molecular weight excluding hydrogens is 489 g/mol. The number of aliphatic imine (C=N–C) groups is 1. The van der Waals surface area contributed by atoms with Gasteiger partial charge >= 0.3 is 0 Å². The molecule has 1 aliphatic heterocycles. The van der Waals surface area contributed by atoms with Crippen LogP contribution in [0.2, 0.25) is 0 Å². The number of nitro benzene ring substituents is 1. The molecule has 156 valence electrons. The van der Waals surface area contributed by atoms with Crippen LogP contribution in [0.4, 0.5) is 5.69 Å². The highest BCUT2D eigenvalue weighted by molar-refractivity contribution is 14.0. The number of nitro groups is 1. The van der Waals surface area contributed by atoms with Crippen LogP contribution in [0.1, 0.15) is 23.0 Å². The van der Waals surface area contributed by atoms with Crippen molar-refractivity contribution in [1.82, 2.24) is 15.1 Å². The molecule has 2 aromatic rings. The Morgan fingerprint density at radius 3 is 2.55 bits per heavy atom. The van der Waals surface area contributed by atoms with Crippen molar-refractivity contribution in [2.24, 2.45) is 4.99 Å². The number of nitrogens with zero attached hydrogens (tertiary/aromatic N) is 4. The summed E-state index contributed by atoms with van der Waals surface area (Å²) in [6.45, 7) is 5.47. The van der Waals surface area contributed by atoms with E-state index >= 15 is 0 Å². The molecule has 9 nitrogen and oxygen atoms in total. The molecule has 1 aromatic heterocycles. The predicted molar refractivity (Wildman–Crippen MR) is 120 cm³/mol. The monoisotopic (exact) mass is 513 g/mol. The van der Waals surface area contributed by atoms with Crippen LogP contribution in [0.15, 0.2) is 52.1 Å². The van der Waals surface area contributed by atoms with Crippen LogP contribution in [0.5, 0.6) is 0 Å². The molecule has 0 radical (unpaired) electrons. The summed E-state index contributed by atoms with van der Waals surface area (Å²) in [5, 5.41) is 14.2. The fraction of sp³-hybridized carbons (Fsp3) is 0.368. The van der Waals surface area contributed by atoms with Gasteiger partial charge < -0.3 is 19.5 Å². The van der Waals surface area contributed by atoms with Gasteiger partial charge in [0.05, 0.1) is 17.7 Å². The Kier molecular flexibility index (Phi) is 8.43. The minimum absolute atomic E-state index is 0. The Morgan fingerprint density at radius 2 is 1.93 bits per heavy atom. The fourth-order valence-corrected chi connectivity index (χ4v) is 3.04. The van der Waals surface area contributed by atoms with E-state index in [-0.39, 0.29) is 35.6 Å². The fourth-order valence-electron chi connectivity index (χ4n) is 3.04. The van der Waals surface area contributed by atoms with Gasteiger partial charge in [-0.05, 0) is 24.6 Å². The van der Waals surface area contributed by atoms with Crippen LogP contribution >= 0.6 is 24.0 Å². The molecule has 0 aliphatic carbocycles. The lowest BCUT2D eigenvalue weighted by Gasteiger charge is -2.36. The quantitative estimate of drug-likeness (QED) is 0.217. The molecule has 1 saturated heterocycles. The summed E-state index contributed by atoms with van der Waals surface area (Å²) in [5.74, 6) is 0.974. The Hall–Kier alpha value is -2.63. The zero-order chi connectivity index (χ0) is 19.9. The first kappa shape index (κ1) is 22.7. The van der Waals surface area contributed by atoms with Crippen LogP contribution < -0.4 is 5.32 Å². The first-order valence-electron chi connectivity index (χ1n) is 9.18. The number of benzene rings is 1. The third-order valence-electron chi connectivity index (χ3n) is 4.47. The van der Waals surface area contributed by atoms with Gasteiger partial charge in [0.1, 0.15) is 0 Å². The molecule has 29 heavy (non-hydrogen) atoms. The van der Waals surface area contributed by atoms with Crippen LogP contribution in [-0.4, -0.2) is 59.3 Å². The van der Waals surface area contributed by atoms with Gasteiger partial charge in [-0.2, -0.15) is 0 Å². The van der Waals surface area contributed by atoms with Gasteiger partial charge in [0, 0.05) is 44.9 Å². The largest absolute Gasteiger partial charge is 0.459 e. The molecule has 1 amide bonds. The Labute approximate surface area is 185 Å². The normalized spacial score (nSPS) is 14.3. The number of nitrogens with one attached hydrogen (secondary N) is 1. The molecule has 1 N–H and O–H groups in total. The Balaban J connectivity index is 0.00000300. The molecule has 0 saturated carbocycles. The molecule has 1 aromatic carbocycles. The number of piperazine rings is 1. The molecule has 1 aliphatic rings. The molecule has 0 bridgehead atoms. The zero-order valence-electron chi connectivity index (χ0n) is 16.1. The van der Waals surface area contributed by atoms with Crippen molar-refractivity contribution in [1.29, 1.82) is 0 Å². The van der Waals surface area contributed by atoms with Crippen molar-refractivity contribution in [2.75, 3.05) is 32.7 Å². The summed E-state index contributed by atoms with van der Waals surface area (Å²) >= 11 is 0. The summed E-state index contributed by atoms with van der Waals surface area (Å²) in [4.78, 5) is 31.4. The highest BCUT2D eigenvalue weighted by Crippen LogP contribution is 2.14. The van der Waals surface area contributed by atoms with E-state index in [1.165, 1.54) is 18.4 Å². The van der Waals surface area contributed by atoms with E-state index in [1.807, 2.05) is 13.0 Å². The zero-order valence-corrected chi connectivity index (χ0v) is 18.4. The first-order valence-corrected chi connectivity index (χ1v) is 9.18. The molecule has 3 rings (SSSR count). The number of halogens is 1. The third-order valence-corrected chi connectivity index (χ3v) is 4.47. The van der Waals surface area contributed by atoms with E-state index in [0.29, 0.717) is 45.0 Å². The maximum atomic E-state index is 12.4. The second-order valence-corrected chi connectivity index (χ2v) is 6.35. The van der Waals surface area contributed by atoms with Gasteiger partial charge in [-0.15, -0.1) is 24.0 Å². The number of guanidine groups is 1. The summed E-state index contributed by atoms with van der Waals surface area (Å²) in [7, 11) is 0. The highest BCUT2D eigenvalue weighted by atomic mass is 127. The SMILES string of the molecule is CCNC(=NCc1cccc([N+](=O)[O-])c1)N1CCN(C(=O)c2ccco2)CC1.I. The van der Waals surface area contributed by atoms with E-state index in [4.69, 9.17) is 4.42 Å². The molecule has 1 fully saturated rings. The lowest BCUT2D eigenvalue weighted by Crippen LogP contribution is -2.53. The Bertz CT molecular complexity index is 848.